The zero-order valence-corrected chi connectivity index (χ0v) is 16.6. The molecule has 0 bridgehead atoms. The molecule has 0 amide bonds. The van der Waals surface area contributed by atoms with E-state index in [2.05, 4.69) is 0 Å². The Morgan fingerprint density at radius 3 is 0.600 bits per heavy atom. The lowest BCUT2D eigenvalue weighted by molar-refractivity contribution is 0.115. The van der Waals surface area contributed by atoms with Gasteiger partial charge in [0.05, 0.1) is 0 Å². The fraction of sp³-hybridized carbons (Fsp3) is 1.00. The summed E-state index contributed by atoms with van der Waals surface area (Å²) >= 11 is 0. The van der Waals surface area contributed by atoms with Gasteiger partial charge in [-0.3, -0.25) is 0 Å². The van der Waals surface area contributed by atoms with E-state index in [1.807, 2.05) is 27.7 Å². The van der Waals surface area contributed by atoms with E-state index in [1.165, 1.54) is 0 Å². The van der Waals surface area contributed by atoms with Gasteiger partial charge in [0, 0.05) is 53.7 Å². The molecular weight excluding hydrogens is 296 g/mol. The van der Waals surface area contributed by atoms with Crippen LogP contribution in [0.5, 0.6) is 0 Å². The van der Waals surface area contributed by atoms with Crippen LogP contribution in [-0.4, -0.2) is 60.3 Å². The van der Waals surface area contributed by atoms with Crippen LogP contribution in [-0.2, 0) is 26.6 Å². The van der Waals surface area contributed by atoms with Crippen molar-refractivity contribution in [3.05, 3.63) is 0 Å². The van der Waals surface area contributed by atoms with Gasteiger partial charge in [-0.05, 0) is 0 Å². The molecule has 0 aromatic rings. The van der Waals surface area contributed by atoms with Gasteiger partial charge in [-0.2, -0.15) is 0 Å². The third-order valence-corrected chi connectivity index (χ3v) is 9.36. The van der Waals surface area contributed by atoms with Crippen LogP contribution in [0.2, 0.25) is 11.1 Å². The molecule has 0 fully saturated rings. The van der Waals surface area contributed by atoms with Crippen LogP contribution < -0.4 is 0 Å². The van der Waals surface area contributed by atoms with Crippen molar-refractivity contribution in [2.45, 2.75) is 38.8 Å². The quantitative estimate of drug-likeness (QED) is 0.638. The summed E-state index contributed by atoms with van der Waals surface area (Å²) < 4.78 is 31.2. The lowest BCUT2D eigenvalue weighted by atomic mass is 10.6. The molecule has 0 aromatic heterocycles. The van der Waals surface area contributed by atoms with Crippen LogP contribution >= 0.6 is 0 Å². The first-order valence-corrected chi connectivity index (χ1v) is 10.2. The minimum Gasteiger partial charge on any atom is -0.377 e. The summed E-state index contributed by atoms with van der Waals surface area (Å²) in [7, 11) is 5.16. The monoisotopic (exact) mass is 328 g/mol. The summed E-state index contributed by atoms with van der Waals surface area (Å²) in [4.78, 5) is 0. The molecule has 0 atom stereocenters. The van der Waals surface area contributed by atoms with E-state index in [1.54, 1.807) is 42.7 Å². The van der Waals surface area contributed by atoms with Gasteiger partial charge >= 0.3 is 17.6 Å². The van der Waals surface area contributed by atoms with Gasteiger partial charge in [-0.25, -0.2) is 0 Å². The van der Waals surface area contributed by atoms with Crippen molar-refractivity contribution in [2.75, 3.05) is 42.7 Å². The van der Waals surface area contributed by atoms with E-state index in [0.29, 0.717) is 11.1 Å². The van der Waals surface area contributed by atoms with Crippen LogP contribution in [0, 0.1) is 0 Å². The van der Waals surface area contributed by atoms with Crippen LogP contribution in [0.1, 0.15) is 27.7 Å². The van der Waals surface area contributed by atoms with Crippen molar-refractivity contribution in [2.24, 2.45) is 0 Å². The molecule has 0 rings (SSSR count). The Bertz CT molecular complexity index is 189. The summed E-state index contributed by atoms with van der Waals surface area (Å²) in [5.74, 6) is 0. The van der Waals surface area contributed by atoms with Gasteiger partial charge in [0.2, 0.25) is 0 Å². The SMILES string of the molecule is CO[Si](OC)(OC)C(C)C.CO[Si](OC)(OC)C(C)C. The maximum atomic E-state index is 5.19. The van der Waals surface area contributed by atoms with Crippen LogP contribution in [0.4, 0.5) is 0 Å². The first-order valence-electron chi connectivity index (χ1n) is 6.56. The molecule has 0 aliphatic heterocycles. The van der Waals surface area contributed by atoms with Crippen molar-refractivity contribution in [3.8, 4) is 0 Å². The van der Waals surface area contributed by atoms with Gasteiger partial charge in [0.25, 0.3) is 0 Å². The maximum absolute atomic E-state index is 5.19. The first kappa shape index (κ1) is 22.5. The van der Waals surface area contributed by atoms with Crippen LogP contribution in [0.15, 0.2) is 0 Å². The van der Waals surface area contributed by atoms with Crippen molar-refractivity contribution in [1.82, 2.24) is 0 Å². The second kappa shape index (κ2) is 10.9. The largest absolute Gasteiger partial charge is 0.502 e. The summed E-state index contributed by atoms with van der Waals surface area (Å²) in [5, 5.41) is 0. The Hall–Kier alpha value is 0.194. The first-order chi connectivity index (χ1) is 9.25. The van der Waals surface area contributed by atoms with Crippen molar-refractivity contribution in [3.63, 3.8) is 0 Å². The molecule has 0 spiro atoms. The molecule has 0 aromatic carbocycles. The van der Waals surface area contributed by atoms with E-state index < -0.39 is 17.6 Å². The molecule has 0 radical (unpaired) electrons. The third-order valence-electron chi connectivity index (χ3n) is 3.12. The number of hydrogen-bond acceptors (Lipinski definition) is 6. The van der Waals surface area contributed by atoms with Crippen molar-refractivity contribution < 1.29 is 26.6 Å². The highest BCUT2D eigenvalue weighted by molar-refractivity contribution is 6.62. The van der Waals surface area contributed by atoms with Gasteiger partial charge in [-0.1, -0.05) is 27.7 Å². The fourth-order valence-electron chi connectivity index (χ4n) is 1.91. The van der Waals surface area contributed by atoms with E-state index in [9.17, 15) is 0 Å². The summed E-state index contributed by atoms with van der Waals surface area (Å²) in [6.45, 7) is 8.12. The van der Waals surface area contributed by atoms with E-state index >= 15 is 0 Å². The Balaban J connectivity index is 0. The molecule has 0 unspecified atom stereocenters. The Morgan fingerprint density at radius 1 is 0.450 bits per heavy atom. The highest BCUT2D eigenvalue weighted by Crippen LogP contribution is 2.22. The molecule has 0 aliphatic rings. The van der Waals surface area contributed by atoms with Gasteiger partial charge in [0.15, 0.2) is 0 Å². The van der Waals surface area contributed by atoms with E-state index in [0.717, 1.165) is 0 Å². The Labute approximate surface area is 126 Å². The van der Waals surface area contributed by atoms with Gasteiger partial charge in [0.1, 0.15) is 0 Å². The summed E-state index contributed by atoms with van der Waals surface area (Å²) in [6, 6.07) is 0. The zero-order valence-electron chi connectivity index (χ0n) is 14.6. The molecule has 124 valence electrons. The van der Waals surface area contributed by atoms with E-state index in [-0.39, 0.29) is 0 Å². The smallest absolute Gasteiger partial charge is 0.377 e. The molecule has 0 heterocycles. The van der Waals surface area contributed by atoms with Crippen molar-refractivity contribution >= 4 is 17.6 Å². The van der Waals surface area contributed by atoms with Crippen LogP contribution in [0.25, 0.3) is 0 Å². The highest BCUT2D eigenvalue weighted by Gasteiger charge is 2.42. The van der Waals surface area contributed by atoms with Gasteiger partial charge in [-0.15, -0.1) is 0 Å². The van der Waals surface area contributed by atoms with Crippen molar-refractivity contribution in [1.29, 1.82) is 0 Å². The molecule has 0 N–H and O–H groups in total. The standard InChI is InChI=1S/2C6H16O3Si/c2*1-6(2)10(7-3,8-4)9-5/h2*6H,1-5H3. The lowest BCUT2D eigenvalue weighted by Crippen LogP contribution is -2.45. The van der Waals surface area contributed by atoms with Crippen LogP contribution in [0.3, 0.4) is 0 Å². The second-order valence-electron chi connectivity index (χ2n) is 4.74. The topological polar surface area (TPSA) is 55.4 Å². The number of rotatable bonds is 8. The molecule has 6 nitrogen and oxygen atoms in total. The predicted molar refractivity (Wildman–Crippen MR) is 83.8 cm³/mol. The highest BCUT2D eigenvalue weighted by atomic mass is 28.4. The Morgan fingerprint density at radius 2 is 0.600 bits per heavy atom. The van der Waals surface area contributed by atoms with E-state index in [4.69, 9.17) is 26.6 Å². The maximum Gasteiger partial charge on any atom is 0.502 e. The average molecular weight is 329 g/mol. The summed E-state index contributed by atoms with van der Waals surface area (Å²) in [6.07, 6.45) is 0. The normalized spacial score (nSPS) is 12.6. The zero-order chi connectivity index (χ0) is 16.4. The molecule has 0 saturated carbocycles. The second-order valence-corrected chi connectivity index (χ2v) is 11.9. The summed E-state index contributed by atoms with van der Waals surface area (Å²) in [5.41, 5.74) is 0.625. The Kier molecular flexibility index (Phi) is 12.2. The molecular formula is C12H32O6Si2. The fourth-order valence-corrected chi connectivity index (χ4v) is 5.74. The number of hydrogen-bond donors (Lipinski definition) is 0. The molecule has 0 saturated heterocycles. The average Bonchev–Trinajstić information content (AvgIpc) is 2.44. The molecule has 20 heavy (non-hydrogen) atoms. The molecule has 0 aliphatic carbocycles. The van der Waals surface area contributed by atoms with Gasteiger partial charge < -0.3 is 26.6 Å². The third kappa shape index (κ3) is 5.90. The minimum absolute atomic E-state index is 0.312. The lowest BCUT2D eigenvalue weighted by Gasteiger charge is -2.27. The predicted octanol–water partition coefficient (Wildman–Crippen LogP) is 2.55. The molecule has 8 heteroatoms. The minimum atomic E-state index is -2.29.